The highest BCUT2D eigenvalue weighted by molar-refractivity contribution is 8.23. The van der Waals surface area contributed by atoms with Gasteiger partial charge in [0, 0.05) is 12.8 Å². The number of hydrogen-bond acceptors (Lipinski definition) is 4. The Bertz CT molecular complexity index is 241. The molecule has 0 aromatic rings. The Morgan fingerprint density at radius 2 is 2.00 bits per heavy atom. The van der Waals surface area contributed by atoms with Crippen molar-refractivity contribution in [2.24, 2.45) is 11.8 Å². The smallest absolute Gasteiger partial charge is 0.304 e. The van der Waals surface area contributed by atoms with Crippen LogP contribution in [0.1, 0.15) is 34.6 Å². The zero-order chi connectivity index (χ0) is 11.6. The molecule has 0 spiro atoms. The Morgan fingerprint density at radius 3 is 2.40 bits per heavy atom. The van der Waals surface area contributed by atoms with Gasteiger partial charge in [-0.3, -0.25) is 4.79 Å². The lowest BCUT2D eigenvalue weighted by Gasteiger charge is -2.38. The summed E-state index contributed by atoms with van der Waals surface area (Å²) in [5.41, 5.74) is 0. The lowest BCUT2D eigenvalue weighted by molar-refractivity contribution is -0.152. The van der Waals surface area contributed by atoms with Crippen LogP contribution in [0.25, 0.3) is 0 Å². The molecule has 0 N–H and O–H groups in total. The van der Waals surface area contributed by atoms with Crippen molar-refractivity contribution in [3.8, 4) is 0 Å². The second-order valence-corrected chi connectivity index (χ2v) is 6.69. The van der Waals surface area contributed by atoms with Gasteiger partial charge in [-0.15, -0.1) is 11.8 Å². The van der Waals surface area contributed by atoms with Gasteiger partial charge >= 0.3 is 5.97 Å². The molecule has 2 unspecified atom stereocenters. The van der Waals surface area contributed by atoms with Crippen LogP contribution in [0.15, 0.2) is 0 Å². The van der Waals surface area contributed by atoms with Crippen molar-refractivity contribution in [2.75, 3.05) is 0 Å². The second-order valence-electron chi connectivity index (χ2n) is 4.44. The van der Waals surface area contributed by atoms with Crippen LogP contribution in [0.5, 0.6) is 0 Å². The molecule has 15 heavy (non-hydrogen) atoms. The maximum atomic E-state index is 11.2. The van der Waals surface area contributed by atoms with Crippen molar-refractivity contribution >= 4 is 29.5 Å². The molecular weight excluding hydrogens is 228 g/mol. The van der Waals surface area contributed by atoms with E-state index in [4.69, 9.17) is 4.74 Å². The van der Waals surface area contributed by atoms with Gasteiger partial charge < -0.3 is 4.74 Å². The SMILES string of the molecule is CC(=O)OC1(C(C)C)S[C]SC1C(C)C. The van der Waals surface area contributed by atoms with Crippen molar-refractivity contribution in [3.63, 3.8) is 0 Å². The molecule has 4 heteroatoms. The van der Waals surface area contributed by atoms with Crippen LogP contribution in [-0.2, 0) is 9.53 Å². The summed E-state index contributed by atoms with van der Waals surface area (Å²) < 4.78 is 5.57. The molecule has 0 aromatic carbocycles. The minimum Gasteiger partial charge on any atom is -0.447 e. The highest BCUT2D eigenvalue weighted by atomic mass is 32.2. The lowest BCUT2D eigenvalue weighted by atomic mass is 9.95. The molecular formula is C11H18O2S2. The fourth-order valence-electron chi connectivity index (χ4n) is 1.75. The van der Waals surface area contributed by atoms with Crippen LogP contribution in [-0.4, -0.2) is 16.2 Å². The maximum absolute atomic E-state index is 11.2. The van der Waals surface area contributed by atoms with Crippen molar-refractivity contribution in [3.05, 3.63) is 5.08 Å². The normalized spacial score (nSPS) is 31.3. The molecule has 0 aliphatic carbocycles. The van der Waals surface area contributed by atoms with Gasteiger partial charge in [-0.2, -0.15) is 0 Å². The Balaban J connectivity index is 2.92. The Hall–Kier alpha value is 0.170. The second kappa shape index (κ2) is 5.00. The summed E-state index contributed by atoms with van der Waals surface area (Å²) in [5, 5.41) is 3.49. The molecule has 0 amide bonds. The Labute approximate surface area is 101 Å². The molecule has 86 valence electrons. The Morgan fingerprint density at radius 1 is 1.40 bits per heavy atom. The van der Waals surface area contributed by atoms with Gasteiger partial charge in [-0.1, -0.05) is 39.5 Å². The monoisotopic (exact) mass is 246 g/mol. The first-order valence-corrected chi connectivity index (χ1v) is 6.88. The average molecular weight is 246 g/mol. The van der Waals surface area contributed by atoms with Crippen molar-refractivity contribution in [1.29, 1.82) is 0 Å². The molecule has 0 aromatic heterocycles. The van der Waals surface area contributed by atoms with Crippen molar-refractivity contribution in [2.45, 2.75) is 44.8 Å². The van der Waals surface area contributed by atoms with E-state index in [0.717, 1.165) is 0 Å². The van der Waals surface area contributed by atoms with Gasteiger partial charge in [0.1, 0.15) is 5.08 Å². The first kappa shape index (κ1) is 13.2. The minimum absolute atomic E-state index is 0.203. The zero-order valence-electron chi connectivity index (χ0n) is 9.87. The largest absolute Gasteiger partial charge is 0.447 e. The summed E-state index contributed by atoms with van der Waals surface area (Å²) in [5.74, 6) is 0.562. The lowest BCUT2D eigenvalue weighted by Crippen LogP contribution is -2.45. The molecule has 1 aliphatic heterocycles. The van der Waals surface area contributed by atoms with E-state index in [9.17, 15) is 4.79 Å². The predicted molar refractivity (Wildman–Crippen MR) is 66.4 cm³/mol. The van der Waals surface area contributed by atoms with Crippen LogP contribution >= 0.6 is 23.5 Å². The molecule has 0 bridgehead atoms. The number of carbonyl (C=O) groups is 1. The molecule has 1 aliphatic rings. The summed E-state index contributed by atoms with van der Waals surface area (Å²) in [6.07, 6.45) is 0. The van der Waals surface area contributed by atoms with Gasteiger partial charge in [0.15, 0.2) is 4.93 Å². The van der Waals surface area contributed by atoms with Crippen molar-refractivity contribution in [1.82, 2.24) is 0 Å². The van der Waals surface area contributed by atoms with Crippen LogP contribution < -0.4 is 0 Å². The number of rotatable bonds is 3. The van der Waals surface area contributed by atoms with Gasteiger partial charge in [0.25, 0.3) is 0 Å². The maximum Gasteiger partial charge on any atom is 0.304 e. The summed E-state index contributed by atoms with van der Waals surface area (Å²) in [6, 6.07) is 0. The minimum atomic E-state index is -0.426. The first-order valence-electron chi connectivity index (χ1n) is 5.18. The average Bonchev–Trinajstić information content (AvgIpc) is 2.47. The van der Waals surface area contributed by atoms with E-state index in [1.165, 1.54) is 18.7 Å². The van der Waals surface area contributed by atoms with Crippen LogP contribution in [0.3, 0.4) is 0 Å². The van der Waals surface area contributed by atoms with E-state index in [0.29, 0.717) is 17.1 Å². The molecule has 1 fully saturated rings. The van der Waals surface area contributed by atoms with Gasteiger partial charge in [-0.05, 0) is 5.92 Å². The zero-order valence-corrected chi connectivity index (χ0v) is 11.5. The van der Waals surface area contributed by atoms with Crippen LogP contribution in [0.2, 0.25) is 0 Å². The topological polar surface area (TPSA) is 26.3 Å². The highest BCUT2D eigenvalue weighted by Crippen LogP contribution is 2.56. The number of esters is 1. The standard InChI is InChI=1S/C11H18O2S2/c1-7(2)10-11(8(3)4,13-9(5)12)15-6-14-10/h7-8,10H,1-5H3. The summed E-state index contributed by atoms with van der Waals surface area (Å²) in [6.45, 7) is 9.99. The number of carbonyl (C=O) groups excluding carboxylic acids is 1. The Kier molecular flexibility index (Phi) is 4.41. The van der Waals surface area contributed by atoms with E-state index >= 15 is 0 Å². The summed E-state index contributed by atoms with van der Waals surface area (Å²) >= 11 is 3.20. The number of ether oxygens (including phenoxy) is 1. The molecule has 2 radical (unpaired) electrons. The molecule has 2 atom stereocenters. The van der Waals surface area contributed by atoms with E-state index in [-0.39, 0.29) is 5.97 Å². The summed E-state index contributed by atoms with van der Waals surface area (Å²) in [4.78, 5) is 10.8. The van der Waals surface area contributed by atoms with E-state index in [1.807, 2.05) is 0 Å². The molecule has 2 nitrogen and oxygen atoms in total. The van der Waals surface area contributed by atoms with Crippen molar-refractivity contribution < 1.29 is 9.53 Å². The van der Waals surface area contributed by atoms with Gasteiger partial charge in [0.2, 0.25) is 0 Å². The molecule has 1 rings (SSSR count). The fourth-order valence-corrected chi connectivity index (χ4v) is 4.71. The third-order valence-electron chi connectivity index (χ3n) is 2.49. The van der Waals surface area contributed by atoms with E-state index < -0.39 is 4.93 Å². The van der Waals surface area contributed by atoms with E-state index in [2.05, 4.69) is 32.8 Å². The first-order chi connectivity index (χ1) is 6.90. The van der Waals surface area contributed by atoms with E-state index in [1.54, 1.807) is 11.8 Å². The predicted octanol–water partition coefficient (Wildman–Crippen LogP) is 3.40. The fraction of sp³-hybridized carbons (Fsp3) is 0.818. The molecule has 0 saturated carbocycles. The quantitative estimate of drug-likeness (QED) is 0.713. The molecule has 1 saturated heterocycles. The van der Waals surface area contributed by atoms with Crippen LogP contribution in [0.4, 0.5) is 0 Å². The molecule has 1 heterocycles. The van der Waals surface area contributed by atoms with Crippen LogP contribution in [0, 0.1) is 16.9 Å². The summed E-state index contributed by atoms with van der Waals surface area (Å²) in [7, 11) is 0. The number of hydrogen-bond donors (Lipinski definition) is 0. The van der Waals surface area contributed by atoms with Gasteiger partial charge in [0.05, 0.1) is 5.25 Å². The third kappa shape index (κ3) is 2.64. The van der Waals surface area contributed by atoms with Gasteiger partial charge in [-0.25, -0.2) is 0 Å². The highest BCUT2D eigenvalue weighted by Gasteiger charge is 2.51. The number of thioether (sulfide) groups is 2. The third-order valence-corrected chi connectivity index (χ3v) is 5.63.